The van der Waals surface area contributed by atoms with E-state index in [4.69, 9.17) is 33.3 Å². The first-order valence-corrected chi connectivity index (χ1v) is 11.4. The molecule has 6 unspecified atom stereocenters. The number of hydrogen-bond acceptors (Lipinski definition) is 12. The second-order valence-electron chi connectivity index (χ2n) is 7.43. The summed E-state index contributed by atoms with van der Waals surface area (Å²) in [5.74, 6) is -13.2. The van der Waals surface area contributed by atoms with Crippen LogP contribution in [0.4, 0.5) is 8.78 Å². The molecular formula is C17H22F2O13S. The van der Waals surface area contributed by atoms with Gasteiger partial charge in [0.2, 0.25) is 0 Å². The highest BCUT2D eigenvalue weighted by atomic mass is 32.2. The number of alkyl halides is 2. The van der Waals surface area contributed by atoms with E-state index >= 15 is 0 Å². The van der Waals surface area contributed by atoms with Crippen molar-refractivity contribution in [3.8, 4) is 0 Å². The quantitative estimate of drug-likeness (QED) is 0.121. The Bertz CT molecular complexity index is 863. The fourth-order valence-electron chi connectivity index (χ4n) is 3.92. The molecule has 0 spiro atoms. The molecule has 3 aliphatic heterocycles. The lowest BCUT2D eigenvalue weighted by molar-refractivity contribution is -0.184. The molecule has 6 atom stereocenters. The molecule has 16 heteroatoms. The third kappa shape index (κ3) is 5.75. The molecule has 0 aliphatic carbocycles. The number of fused-ring (bicyclic) bond motifs is 1. The number of hydrogen-bond donors (Lipinski definition) is 2. The summed E-state index contributed by atoms with van der Waals surface area (Å²) >= 11 is 0. The Labute approximate surface area is 185 Å². The van der Waals surface area contributed by atoms with Crippen LogP contribution in [0, 0.1) is 11.8 Å². The largest absolute Gasteiger partial charge is 0.463 e. The van der Waals surface area contributed by atoms with Crippen LogP contribution in [-0.4, -0.2) is 112 Å². The maximum absolute atomic E-state index is 13.8. The minimum Gasteiger partial charge on any atom is -0.463 e. The summed E-state index contributed by atoms with van der Waals surface area (Å²) in [6, 6.07) is 0. The zero-order valence-electron chi connectivity index (χ0n) is 17.0. The second kappa shape index (κ2) is 10.1. The van der Waals surface area contributed by atoms with Crippen molar-refractivity contribution in [2.45, 2.75) is 30.3 Å². The average molecular weight is 504 g/mol. The number of aliphatic hydroxyl groups excluding tert-OH is 1. The van der Waals surface area contributed by atoms with Gasteiger partial charge in [-0.15, -0.1) is 0 Å². The van der Waals surface area contributed by atoms with Crippen LogP contribution >= 0.6 is 0 Å². The predicted octanol–water partition coefficient (Wildman–Crippen LogP) is -2.07. The fourth-order valence-corrected chi connectivity index (χ4v) is 4.50. The standard InChI is InChI=1S/C17H22F2O13S/c18-17(19,7-33(24,25)26)16(23)32-13-10-8(9-11(30-10)12(13)31-15(9)22)14(21)29-6-5-28-4-3-27-2-1-20/h8-13,20H,1-7H2,(H,24,25,26). The van der Waals surface area contributed by atoms with Gasteiger partial charge in [-0.05, 0) is 0 Å². The smallest absolute Gasteiger partial charge is 0.378 e. The lowest BCUT2D eigenvalue weighted by atomic mass is 9.78. The van der Waals surface area contributed by atoms with Gasteiger partial charge in [-0.25, -0.2) is 4.79 Å². The van der Waals surface area contributed by atoms with Crippen LogP contribution in [0.1, 0.15) is 0 Å². The van der Waals surface area contributed by atoms with Crippen LogP contribution in [0.5, 0.6) is 0 Å². The van der Waals surface area contributed by atoms with E-state index in [9.17, 15) is 31.6 Å². The third-order valence-corrected chi connectivity index (χ3v) is 5.89. The monoisotopic (exact) mass is 504 g/mol. The van der Waals surface area contributed by atoms with E-state index in [1.54, 1.807) is 0 Å². The van der Waals surface area contributed by atoms with Crippen molar-refractivity contribution in [3.63, 3.8) is 0 Å². The molecule has 0 saturated carbocycles. The normalized spacial score (nSPS) is 30.4. The van der Waals surface area contributed by atoms with Crippen LogP contribution < -0.4 is 0 Å². The number of halogens is 2. The summed E-state index contributed by atoms with van der Waals surface area (Å²) < 4.78 is 88.1. The van der Waals surface area contributed by atoms with Crippen molar-refractivity contribution in [2.75, 3.05) is 45.4 Å². The van der Waals surface area contributed by atoms with Crippen LogP contribution in [0.2, 0.25) is 0 Å². The zero-order valence-corrected chi connectivity index (χ0v) is 17.8. The Balaban J connectivity index is 1.57. The van der Waals surface area contributed by atoms with E-state index in [1.165, 1.54) is 0 Å². The van der Waals surface area contributed by atoms with Gasteiger partial charge in [-0.2, -0.15) is 17.2 Å². The highest BCUT2D eigenvalue weighted by Gasteiger charge is 2.72. The first-order chi connectivity index (χ1) is 15.5. The second-order valence-corrected chi connectivity index (χ2v) is 8.89. The number of carbonyl (C=O) groups is 3. The summed E-state index contributed by atoms with van der Waals surface area (Å²) in [7, 11) is -5.21. The topological polar surface area (TPSA) is 181 Å². The first kappa shape index (κ1) is 25.6. The Morgan fingerprint density at radius 2 is 1.67 bits per heavy atom. The molecule has 188 valence electrons. The first-order valence-electron chi connectivity index (χ1n) is 9.79. The number of carbonyl (C=O) groups excluding carboxylic acids is 3. The van der Waals surface area contributed by atoms with Crippen LogP contribution in [0.15, 0.2) is 0 Å². The van der Waals surface area contributed by atoms with Gasteiger partial charge in [-0.3, -0.25) is 14.1 Å². The molecule has 2 N–H and O–H groups in total. The van der Waals surface area contributed by atoms with E-state index in [1.807, 2.05) is 0 Å². The molecule has 3 saturated heterocycles. The molecule has 2 bridgehead atoms. The Morgan fingerprint density at radius 1 is 1.03 bits per heavy atom. The van der Waals surface area contributed by atoms with E-state index in [0.29, 0.717) is 0 Å². The summed E-state index contributed by atoms with van der Waals surface area (Å²) in [6.07, 6.45) is -5.21. The molecule has 0 amide bonds. The maximum Gasteiger partial charge on any atom is 0.378 e. The molecule has 3 aliphatic rings. The number of ether oxygens (including phenoxy) is 6. The van der Waals surface area contributed by atoms with Gasteiger partial charge in [-0.1, -0.05) is 0 Å². The highest BCUT2D eigenvalue weighted by molar-refractivity contribution is 7.85. The van der Waals surface area contributed by atoms with Crippen LogP contribution in [-0.2, 0) is 52.9 Å². The Hall–Kier alpha value is -1.98. The summed E-state index contributed by atoms with van der Waals surface area (Å²) in [5.41, 5.74) is 0. The number of esters is 3. The Morgan fingerprint density at radius 3 is 2.30 bits per heavy atom. The van der Waals surface area contributed by atoms with Crippen molar-refractivity contribution in [2.24, 2.45) is 11.8 Å². The van der Waals surface area contributed by atoms with Crippen LogP contribution in [0.3, 0.4) is 0 Å². The molecule has 33 heavy (non-hydrogen) atoms. The Kier molecular flexibility index (Phi) is 7.85. The van der Waals surface area contributed by atoms with Gasteiger partial charge in [0.1, 0.15) is 30.7 Å². The molecule has 0 aromatic rings. The van der Waals surface area contributed by atoms with Crippen molar-refractivity contribution in [1.29, 1.82) is 0 Å². The molecule has 0 aromatic carbocycles. The minimum absolute atomic E-state index is 0.0199. The number of aliphatic hydroxyl groups is 1. The molecule has 13 nitrogen and oxygen atoms in total. The van der Waals surface area contributed by atoms with Gasteiger partial charge in [0.05, 0.1) is 33.0 Å². The summed E-state index contributed by atoms with van der Waals surface area (Å²) in [5, 5.41) is 8.57. The van der Waals surface area contributed by atoms with Crippen molar-refractivity contribution in [1.82, 2.24) is 0 Å². The van der Waals surface area contributed by atoms with Crippen molar-refractivity contribution >= 4 is 28.0 Å². The molecule has 0 aromatic heterocycles. The molecule has 3 heterocycles. The summed E-state index contributed by atoms with van der Waals surface area (Å²) in [6.45, 7) is 0.153. The third-order valence-electron chi connectivity index (χ3n) is 5.16. The zero-order chi connectivity index (χ0) is 24.4. The molecule has 3 fully saturated rings. The van der Waals surface area contributed by atoms with Gasteiger partial charge >= 0.3 is 23.8 Å². The van der Waals surface area contributed by atoms with Gasteiger partial charge in [0.25, 0.3) is 10.1 Å². The van der Waals surface area contributed by atoms with E-state index < -0.39 is 76.0 Å². The molecule has 0 radical (unpaired) electrons. The van der Waals surface area contributed by atoms with Gasteiger partial charge in [0, 0.05) is 0 Å². The maximum atomic E-state index is 13.8. The van der Waals surface area contributed by atoms with Gasteiger partial charge in [0.15, 0.2) is 18.0 Å². The predicted molar refractivity (Wildman–Crippen MR) is 96.4 cm³/mol. The number of rotatable bonds is 13. The lowest BCUT2D eigenvalue weighted by Crippen LogP contribution is -2.50. The SMILES string of the molecule is O=C1OC2C(OC(=O)C(F)(F)CS(=O)(=O)O)C3OC2C1C3C(=O)OCCOCCOCCO. The van der Waals surface area contributed by atoms with Crippen LogP contribution in [0.25, 0.3) is 0 Å². The molecular weight excluding hydrogens is 482 g/mol. The average Bonchev–Trinajstić information content (AvgIpc) is 3.31. The summed E-state index contributed by atoms with van der Waals surface area (Å²) in [4.78, 5) is 36.5. The van der Waals surface area contributed by atoms with Crippen molar-refractivity contribution < 1.29 is 69.7 Å². The molecule has 3 rings (SSSR count). The van der Waals surface area contributed by atoms with E-state index in [0.717, 1.165) is 0 Å². The lowest BCUT2D eigenvalue weighted by Gasteiger charge is -2.28. The minimum atomic E-state index is -5.21. The van der Waals surface area contributed by atoms with E-state index in [-0.39, 0.29) is 39.6 Å². The fraction of sp³-hybridized carbons (Fsp3) is 0.824. The highest BCUT2D eigenvalue weighted by Crippen LogP contribution is 2.51. The van der Waals surface area contributed by atoms with Crippen molar-refractivity contribution in [3.05, 3.63) is 0 Å². The van der Waals surface area contributed by atoms with E-state index in [2.05, 4.69) is 4.74 Å². The van der Waals surface area contributed by atoms with Gasteiger partial charge < -0.3 is 33.5 Å².